The predicted molar refractivity (Wildman–Crippen MR) is 130 cm³/mol. The van der Waals surface area contributed by atoms with Crippen molar-refractivity contribution in [1.82, 2.24) is 9.62 Å². The number of carbonyl (C=O) groups is 1. The highest BCUT2D eigenvalue weighted by Crippen LogP contribution is 2.29. The summed E-state index contributed by atoms with van der Waals surface area (Å²) in [6.07, 6.45) is 0. The van der Waals surface area contributed by atoms with Gasteiger partial charge in [-0.05, 0) is 54.8 Å². The van der Waals surface area contributed by atoms with E-state index >= 15 is 0 Å². The second-order valence-corrected chi connectivity index (χ2v) is 10.1. The van der Waals surface area contributed by atoms with Gasteiger partial charge in [0.25, 0.3) is 0 Å². The summed E-state index contributed by atoms with van der Waals surface area (Å²) in [7, 11) is -2.61. The van der Waals surface area contributed by atoms with E-state index in [1.54, 1.807) is 37.3 Å². The first kappa shape index (κ1) is 24.8. The van der Waals surface area contributed by atoms with E-state index in [9.17, 15) is 13.2 Å². The van der Waals surface area contributed by atoms with Crippen molar-refractivity contribution in [3.63, 3.8) is 0 Å². The Kier molecular flexibility index (Phi) is 8.13. The van der Waals surface area contributed by atoms with Crippen molar-refractivity contribution in [2.75, 3.05) is 13.7 Å². The van der Waals surface area contributed by atoms with Crippen molar-refractivity contribution in [1.29, 1.82) is 0 Å². The number of nitrogens with one attached hydrogen (secondary N) is 1. The molecular weight excluding hydrogens is 460 g/mol. The first-order chi connectivity index (χ1) is 15.7. The molecule has 8 heteroatoms. The average molecular weight is 487 g/mol. The zero-order valence-electron chi connectivity index (χ0n) is 18.8. The van der Waals surface area contributed by atoms with Crippen LogP contribution >= 0.6 is 11.6 Å². The minimum atomic E-state index is -4.04. The molecule has 0 bridgehead atoms. The number of nitrogens with zero attached hydrogens (tertiary/aromatic N) is 1. The normalized spacial score (nSPS) is 12.4. The number of rotatable bonds is 9. The predicted octanol–water partition coefficient (Wildman–Crippen LogP) is 4.73. The summed E-state index contributed by atoms with van der Waals surface area (Å²) in [5.74, 6) is -0.183. The number of amides is 1. The first-order valence-corrected chi connectivity index (χ1v) is 12.3. The van der Waals surface area contributed by atoms with E-state index < -0.39 is 15.9 Å². The second kappa shape index (κ2) is 10.8. The van der Waals surface area contributed by atoms with Gasteiger partial charge in [0.15, 0.2) is 0 Å². The van der Waals surface area contributed by atoms with E-state index in [2.05, 4.69) is 5.32 Å². The van der Waals surface area contributed by atoms with Gasteiger partial charge < -0.3 is 10.1 Å². The fourth-order valence-electron chi connectivity index (χ4n) is 3.42. The fraction of sp³-hybridized carbons (Fsp3) is 0.240. The largest absolute Gasteiger partial charge is 0.495 e. The molecule has 1 amide bonds. The van der Waals surface area contributed by atoms with Gasteiger partial charge in [-0.2, -0.15) is 4.31 Å². The van der Waals surface area contributed by atoms with Crippen LogP contribution in [0.3, 0.4) is 0 Å². The molecule has 0 aliphatic rings. The molecule has 0 spiro atoms. The van der Waals surface area contributed by atoms with Crippen LogP contribution in [-0.2, 0) is 21.4 Å². The van der Waals surface area contributed by atoms with E-state index in [0.29, 0.717) is 5.02 Å². The fourth-order valence-corrected chi connectivity index (χ4v) is 5.17. The van der Waals surface area contributed by atoms with Crippen LogP contribution in [0, 0.1) is 6.92 Å². The summed E-state index contributed by atoms with van der Waals surface area (Å²) in [4.78, 5) is 12.9. The maximum absolute atomic E-state index is 13.6. The van der Waals surface area contributed by atoms with Crippen LogP contribution in [0.1, 0.15) is 29.7 Å². The zero-order chi connectivity index (χ0) is 24.0. The summed E-state index contributed by atoms with van der Waals surface area (Å²) < 4.78 is 33.8. The highest BCUT2D eigenvalue weighted by molar-refractivity contribution is 7.89. The molecule has 0 aliphatic carbocycles. The molecule has 1 N–H and O–H groups in total. The molecule has 6 nitrogen and oxygen atoms in total. The number of benzene rings is 3. The lowest BCUT2D eigenvalue weighted by Crippen LogP contribution is -2.41. The molecule has 0 aromatic heterocycles. The van der Waals surface area contributed by atoms with Gasteiger partial charge >= 0.3 is 0 Å². The van der Waals surface area contributed by atoms with Crippen molar-refractivity contribution in [3.05, 3.63) is 94.5 Å². The first-order valence-electron chi connectivity index (χ1n) is 10.4. The van der Waals surface area contributed by atoms with E-state index in [-0.39, 0.29) is 29.8 Å². The van der Waals surface area contributed by atoms with Crippen molar-refractivity contribution >= 4 is 27.5 Å². The van der Waals surface area contributed by atoms with Gasteiger partial charge in [-0.1, -0.05) is 60.1 Å². The Labute approximate surface area is 200 Å². The van der Waals surface area contributed by atoms with Gasteiger partial charge in [0.05, 0.1) is 19.7 Å². The summed E-state index contributed by atoms with van der Waals surface area (Å²) in [5.41, 5.74) is 2.41. The molecule has 0 aliphatic heterocycles. The minimum absolute atomic E-state index is 0.0273. The van der Waals surface area contributed by atoms with Gasteiger partial charge in [-0.3, -0.25) is 4.79 Å². The maximum Gasteiger partial charge on any atom is 0.247 e. The van der Waals surface area contributed by atoms with Crippen LogP contribution in [0.5, 0.6) is 5.75 Å². The van der Waals surface area contributed by atoms with Crippen LogP contribution in [0.15, 0.2) is 77.7 Å². The summed E-state index contributed by atoms with van der Waals surface area (Å²) in [5, 5.41) is 3.48. The monoisotopic (exact) mass is 486 g/mol. The lowest BCUT2D eigenvalue weighted by molar-refractivity contribution is -0.122. The van der Waals surface area contributed by atoms with Crippen molar-refractivity contribution in [3.8, 4) is 5.75 Å². The Hall–Kier alpha value is -2.87. The van der Waals surface area contributed by atoms with Crippen LogP contribution < -0.4 is 10.1 Å². The van der Waals surface area contributed by atoms with E-state index in [0.717, 1.165) is 16.7 Å². The molecule has 0 unspecified atom stereocenters. The number of hydrogen-bond acceptors (Lipinski definition) is 4. The van der Waals surface area contributed by atoms with E-state index in [1.807, 2.05) is 49.4 Å². The van der Waals surface area contributed by atoms with E-state index in [1.165, 1.54) is 11.4 Å². The second-order valence-electron chi connectivity index (χ2n) is 7.75. The Bertz CT molecular complexity index is 1200. The Morgan fingerprint density at radius 2 is 1.73 bits per heavy atom. The highest BCUT2D eigenvalue weighted by Gasteiger charge is 2.30. The number of ether oxygens (including phenoxy) is 1. The minimum Gasteiger partial charge on any atom is -0.495 e. The molecular formula is C25H27ClN2O4S. The van der Waals surface area contributed by atoms with Gasteiger partial charge in [0, 0.05) is 11.6 Å². The van der Waals surface area contributed by atoms with Gasteiger partial charge in [0.1, 0.15) is 10.6 Å². The number of halogens is 1. The molecule has 3 rings (SSSR count). The zero-order valence-corrected chi connectivity index (χ0v) is 20.4. The molecule has 0 heterocycles. The average Bonchev–Trinajstić information content (AvgIpc) is 2.79. The van der Waals surface area contributed by atoms with Crippen LogP contribution in [-0.4, -0.2) is 32.3 Å². The number of sulfonamides is 1. The highest BCUT2D eigenvalue weighted by atomic mass is 35.5. The number of aryl methyl sites for hydroxylation is 1. The molecule has 1 atom stereocenters. The SMILES string of the molecule is COc1ccc(C)cc1S(=O)(=O)N(CC(=O)N[C@@H](C)c1ccc(Cl)cc1)Cc1ccccc1. The Morgan fingerprint density at radius 1 is 1.06 bits per heavy atom. The third-order valence-corrected chi connectivity index (χ3v) is 7.27. The number of carbonyl (C=O) groups excluding carboxylic acids is 1. The third kappa shape index (κ3) is 6.35. The summed E-state index contributed by atoms with van der Waals surface area (Å²) in [6.45, 7) is 3.34. The van der Waals surface area contributed by atoms with Crippen LogP contribution in [0.2, 0.25) is 5.02 Å². The topological polar surface area (TPSA) is 75.7 Å². The molecule has 3 aromatic rings. The molecule has 0 radical (unpaired) electrons. The van der Waals surface area contributed by atoms with Crippen LogP contribution in [0.25, 0.3) is 0 Å². The smallest absolute Gasteiger partial charge is 0.247 e. The molecule has 0 saturated heterocycles. The van der Waals surface area contributed by atoms with Gasteiger partial charge in [-0.25, -0.2) is 8.42 Å². The van der Waals surface area contributed by atoms with Crippen molar-refractivity contribution in [2.24, 2.45) is 0 Å². The molecule has 33 heavy (non-hydrogen) atoms. The van der Waals surface area contributed by atoms with E-state index in [4.69, 9.17) is 16.3 Å². The molecule has 174 valence electrons. The number of methoxy groups -OCH3 is 1. The van der Waals surface area contributed by atoms with Gasteiger partial charge in [-0.15, -0.1) is 0 Å². The third-order valence-electron chi connectivity index (χ3n) is 5.21. The summed E-state index contributed by atoms with van der Waals surface area (Å²) in [6, 6.07) is 20.9. The quantitative estimate of drug-likeness (QED) is 0.474. The lowest BCUT2D eigenvalue weighted by atomic mass is 10.1. The maximum atomic E-state index is 13.6. The van der Waals surface area contributed by atoms with Gasteiger partial charge in [0.2, 0.25) is 15.9 Å². The standard InChI is InChI=1S/C25H27ClN2O4S/c1-18-9-14-23(32-3)24(15-18)33(30,31)28(16-20-7-5-4-6-8-20)17-25(29)27-19(2)21-10-12-22(26)13-11-21/h4-15,19H,16-17H2,1-3H3,(H,27,29)/t19-/m0/s1. The van der Waals surface area contributed by atoms with Crippen molar-refractivity contribution in [2.45, 2.75) is 31.3 Å². The van der Waals surface area contributed by atoms with Crippen molar-refractivity contribution < 1.29 is 17.9 Å². The Balaban J connectivity index is 1.89. The summed E-state index contributed by atoms with van der Waals surface area (Å²) >= 11 is 5.94. The molecule has 0 fully saturated rings. The lowest BCUT2D eigenvalue weighted by Gasteiger charge is -2.24. The number of hydrogen-bond donors (Lipinski definition) is 1. The van der Waals surface area contributed by atoms with Crippen LogP contribution in [0.4, 0.5) is 0 Å². The molecule has 0 saturated carbocycles. The Morgan fingerprint density at radius 3 is 2.36 bits per heavy atom. The molecule has 3 aromatic carbocycles.